The number of hydrogen-bond donors (Lipinski definition) is 0. The van der Waals surface area contributed by atoms with Gasteiger partial charge in [0.15, 0.2) is 11.2 Å². The molecule has 0 aromatic rings. The van der Waals surface area contributed by atoms with Crippen molar-refractivity contribution in [1.82, 2.24) is 0 Å². The Bertz CT molecular complexity index is 84.8. The summed E-state index contributed by atoms with van der Waals surface area (Å²) in [7, 11) is -2.50. The molecule has 0 N–H and O–H groups in total. The highest BCUT2D eigenvalue weighted by Crippen LogP contribution is 2.66. The van der Waals surface area contributed by atoms with Crippen molar-refractivity contribution in [2.75, 3.05) is 19.8 Å². The highest BCUT2D eigenvalue weighted by atomic mass is 35.7. The molecule has 0 fully saturated rings. The van der Waals surface area contributed by atoms with Gasteiger partial charge in [0.2, 0.25) is 0 Å². The number of halogens is 1. The van der Waals surface area contributed by atoms with Gasteiger partial charge in [0.25, 0.3) is 0 Å². The molecule has 5 heteroatoms. The maximum absolute atomic E-state index is 5.88. The van der Waals surface area contributed by atoms with Gasteiger partial charge in [0.1, 0.15) is 0 Å². The second-order valence-electron chi connectivity index (χ2n) is 1.68. The Morgan fingerprint density at radius 3 is 1.36 bits per heavy atom. The maximum atomic E-state index is 5.88. The standard InChI is InChI=1S/C6H15ClO3P/c1-4-8-11(7,9-5-2)10-6-3/h4-6H2,1-3H3/q+1. The zero-order valence-corrected chi connectivity index (χ0v) is 8.82. The lowest BCUT2D eigenvalue weighted by atomic mass is 10.9. The van der Waals surface area contributed by atoms with E-state index in [0.29, 0.717) is 19.8 Å². The lowest BCUT2D eigenvalue weighted by Crippen LogP contribution is -2.01. The molecular formula is C6H15ClO3P+. The van der Waals surface area contributed by atoms with E-state index in [-0.39, 0.29) is 0 Å². The fraction of sp³-hybridized carbons (Fsp3) is 1.00. The molecule has 0 aromatic carbocycles. The normalized spacial score (nSPS) is 12.0. The summed E-state index contributed by atoms with van der Waals surface area (Å²) in [6.45, 7) is 7.10. The molecule has 0 aliphatic rings. The fourth-order valence-corrected chi connectivity index (χ4v) is 2.60. The second kappa shape index (κ2) is 6.15. The zero-order valence-electron chi connectivity index (χ0n) is 7.17. The number of rotatable bonds is 6. The Morgan fingerprint density at radius 1 is 0.909 bits per heavy atom. The van der Waals surface area contributed by atoms with Gasteiger partial charge in [-0.1, -0.05) is 0 Å². The SMILES string of the molecule is CCO[P+](Cl)(OCC)OCC. The average Bonchev–Trinajstić information content (AvgIpc) is 1.88. The molecule has 0 radical (unpaired) electrons. The van der Waals surface area contributed by atoms with Crippen molar-refractivity contribution in [3.63, 3.8) is 0 Å². The third kappa shape index (κ3) is 4.94. The van der Waals surface area contributed by atoms with Crippen molar-refractivity contribution in [2.24, 2.45) is 0 Å². The zero-order chi connectivity index (χ0) is 8.74. The van der Waals surface area contributed by atoms with Crippen molar-refractivity contribution < 1.29 is 13.6 Å². The Labute approximate surface area is 73.3 Å². The van der Waals surface area contributed by atoms with Crippen molar-refractivity contribution in [3.05, 3.63) is 0 Å². The van der Waals surface area contributed by atoms with Gasteiger partial charge >= 0.3 is 7.30 Å². The second-order valence-corrected chi connectivity index (χ2v) is 4.56. The minimum atomic E-state index is -2.50. The minimum absolute atomic E-state index is 0.511. The Hall–Kier alpha value is 0.600. The van der Waals surface area contributed by atoms with E-state index in [9.17, 15) is 0 Å². The molecule has 0 heterocycles. The van der Waals surface area contributed by atoms with Crippen LogP contribution in [0.15, 0.2) is 0 Å². The van der Waals surface area contributed by atoms with E-state index in [2.05, 4.69) is 0 Å². The summed E-state index contributed by atoms with van der Waals surface area (Å²) in [6.07, 6.45) is 0. The molecule has 0 amide bonds. The van der Waals surface area contributed by atoms with Crippen LogP contribution in [0.5, 0.6) is 0 Å². The van der Waals surface area contributed by atoms with Crippen LogP contribution < -0.4 is 0 Å². The van der Waals surface area contributed by atoms with Crippen LogP contribution in [0.3, 0.4) is 0 Å². The summed E-state index contributed by atoms with van der Waals surface area (Å²) in [5.41, 5.74) is 0. The van der Waals surface area contributed by atoms with Gasteiger partial charge in [-0.15, -0.1) is 0 Å². The molecule has 0 aliphatic heterocycles. The lowest BCUT2D eigenvalue weighted by molar-refractivity contribution is 0.167. The molecule has 0 saturated carbocycles. The van der Waals surface area contributed by atoms with Crippen LogP contribution >= 0.6 is 18.5 Å². The minimum Gasteiger partial charge on any atom is -0.164 e. The van der Waals surface area contributed by atoms with Crippen LogP contribution in [0, 0.1) is 0 Å². The van der Waals surface area contributed by atoms with Gasteiger partial charge in [-0.3, -0.25) is 0 Å². The van der Waals surface area contributed by atoms with E-state index in [0.717, 1.165) is 0 Å². The first-order valence-electron chi connectivity index (χ1n) is 3.70. The summed E-state index contributed by atoms with van der Waals surface area (Å²) in [5.74, 6) is 0. The van der Waals surface area contributed by atoms with Crippen molar-refractivity contribution >= 4 is 18.5 Å². The van der Waals surface area contributed by atoms with Crippen LogP contribution in [-0.4, -0.2) is 19.8 Å². The predicted molar refractivity (Wildman–Crippen MR) is 47.7 cm³/mol. The summed E-state index contributed by atoms with van der Waals surface area (Å²) in [4.78, 5) is 0. The van der Waals surface area contributed by atoms with Crippen LogP contribution in [0.2, 0.25) is 0 Å². The molecule has 0 aromatic heterocycles. The smallest absolute Gasteiger partial charge is 0.164 e. The molecule has 0 aliphatic carbocycles. The number of hydrogen-bond acceptors (Lipinski definition) is 3. The van der Waals surface area contributed by atoms with E-state index in [1.807, 2.05) is 20.8 Å². The molecule has 0 bridgehead atoms. The Morgan fingerprint density at radius 2 is 1.18 bits per heavy atom. The molecule has 0 spiro atoms. The quantitative estimate of drug-likeness (QED) is 0.619. The third-order valence-electron chi connectivity index (χ3n) is 0.850. The monoisotopic (exact) mass is 201 g/mol. The highest BCUT2D eigenvalue weighted by Gasteiger charge is 2.43. The van der Waals surface area contributed by atoms with E-state index in [4.69, 9.17) is 24.8 Å². The summed E-state index contributed by atoms with van der Waals surface area (Å²) in [6, 6.07) is 0. The predicted octanol–water partition coefficient (Wildman–Crippen LogP) is 3.01. The van der Waals surface area contributed by atoms with Crippen LogP contribution in [0.1, 0.15) is 20.8 Å². The van der Waals surface area contributed by atoms with Crippen molar-refractivity contribution in [1.29, 1.82) is 0 Å². The third-order valence-corrected chi connectivity index (χ3v) is 3.43. The van der Waals surface area contributed by atoms with Gasteiger partial charge < -0.3 is 0 Å². The molecule has 68 valence electrons. The Kier molecular flexibility index (Phi) is 6.49. The van der Waals surface area contributed by atoms with Crippen molar-refractivity contribution in [3.8, 4) is 0 Å². The molecule has 0 saturated heterocycles. The molecule has 0 rings (SSSR count). The fourth-order valence-electron chi connectivity index (χ4n) is 0.574. The van der Waals surface area contributed by atoms with Gasteiger partial charge in [-0.25, -0.2) is 0 Å². The molecular weight excluding hydrogens is 186 g/mol. The van der Waals surface area contributed by atoms with Gasteiger partial charge in [0, 0.05) is 0 Å². The first-order chi connectivity index (χ1) is 5.18. The van der Waals surface area contributed by atoms with E-state index >= 15 is 0 Å². The lowest BCUT2D eigenvalue weighted by Gasteiger charge is -2.11. The summed E-state index contributed by atoms with van der Waals surface area (Å²) in [5, 5.41) is 0. The topological polar surface area (TPSA) is 27.7 Å². The molecule has 11 heavy (non-hydrogen) atoms. The van der Waals surface area contributed by atoms with E-state index < -0.39 is 7.30 Å². The van der Waals surface area contributed by atoms with Crippen LogP contribution in [0.25, 0.3) is 0 Å². The van der Waals surface area contributed by atoms with Gasteiger partial charge in [-0.05, 0) is 20.8 Å². The molecule has 3 nitrogen and oxygen atoms in total. The largest absolute Gasteiger partial charge is 0.524 e. The average molecular weight is 202 g/mol. The summed E-state index contributed by atoms with van der Waals surface area (Å²) < 4.78 is 15.4. The summed E-state index contributed by atoms with van der Waals surface area (Å²) >= 11 is 5.88. The van der Waals surface area contributed by atoms with Gasteiger partial charge in [0.05, 0.1) is 19.8 Å². The molecule has 0 unspecified atom stereocenters. The maximum Gasteiger partial charge on any atom is 0.524 e. The van der Waals surface area contributed by atoms with E-state index in [1.54, 1.807) is 0 Å². The Balaban J connectivity index is 3.79. The first kappa shape index (κ1) is 11.6. The highest BCUT2D eigenvalue weighted by molar-refractivity contribution is 7.87. The van der Waals surface area contributed by atoms with E-state index in [1.165, 1.54) is 0 Å². The molecule has 0 atom stereocenters. The van der Waals surface area contributed by atoms with Crippen LogP contribution in [0.4, 0.5) is 0 Å². The van der Waals surface area contributed by atoms with Gasteiger partial charge in [-0.2, -0.15) is 13.6 Å². The van der Waals surface area contributed by atoms with Crippen LogP contribution in [-0.2, 0) is 13.6 Å². The first-order valence-corrected chi connectivity index (χ1v) is 6.15. The van der Waals surface area contributed by atoms with Crippen molar-refractivity contribution in [2.45, 2.75) is 20.8 Å².